The molecule has 1 aromatic heterocycles. The predicted octanol–water partition coefficient (Wildman–Crippen LogP) is 2.93. The minimum atomic E-state index is 0. The van der Waals surface area contributed by atoms with Crippen LogP contribution >= 0.6 is 35.5 Å². The standard InChI is InChI=1S/C20H37N7S.HI/c1-4-18-23-20(28-24-18)27-15-13-26(14-16-27)19(21-3)22-9-5-6-10-25-11-7-17(2)8-12-25;/h17H,4-16H2,1-3H3,(H,21,22);1H. The molecule has 0 unspecified atom stereocenters. The molecule has 0 radical (unpaired) electrons. The van der Waals surface area contributed by atoms with Gasteiger partial charge in [0, 0.05) is 57.7 Å². The van der Waals surface area contributed by atoms with Crippen molar-refractivity contribution in [3.8, 4) is 0 Å². The molecule has 166 valence electrons. The summed E-state index contributed by atoms with van der Waals surface area (Å²) in [6.07, 6.45) is 6.11. The summed E-state index contributed by atoms with van der Waals surface area (Å²) in [6, 6.07) is 0. The SMILES string of the molecule is CCc1nsc(N2CCN(C(=NC)NCCCCN3CCC(C)CC3)CC2)n1.I. The fourth-order valence-corrected chi connectivity index (χ4v) is 4.71. The molecule has 3 heterocycles. The Morgan fingerprint density at radius 3 is 2.48 bits per heavy atom. The van der Waals surface area contributed by atoms with Gasteiger partial charge in [0.2, 0.25) is 5.13 Å². The van der Waals surface area contributed by atoms with Gasteiger partial charge in [-0.1, -0.05) is 13.8 Å². The molecule has 2 aliphatic heterocycles. The number of aromatic nitrogens is 2. The van der Waals surface area contributed by atoms with Gasteiger partial charge in [0.1, 0.15) is 5.82 Å². The van der Waals surface area contributed by atoms with Crippen molar-refractivity contribution in [2.45, 2.75) is 46.0 Å². The summed E-state index contributed by atoms with van der Waals surface area (Å²) in [5, 5.41) is 4.63. The lowest BCUT2D eigenvalue weighted by Crippen LogP contribution is -2.52. The number of guanidine groups is 1. The van der Waals surface area contributed by atoms with Crippen LogP contribution in [0.3, 0.4) is 0 Å². The van der Waals surface area contributed by atoms with E-state index in [1.165, 1.54) is 56.9 Å². The fourth-order valence-electron chi connectivity index (χ4n) is 3.90. The summed E-state index contributed by atoms with van der Waals surface area (Å²) < 4.78 is 4.41. The molecule has 9 heteroatoms. The first kappa shape index (κ1) is 24.6. The molecule has 0 aromatic carbocycles. The highest BCUT2D eigenvalue weighted by atomic mass is 127. The van der Waals surface area contributed by atoms with E-state index in [4.69, 9.17) is 0 Å². The van der Waals surface area contributed by atoms with Crippen LogP contribution in [0.1, 0.15) is 45.4 Å². The Balaban J connectivity index is 0.00000300. The van der Waals surface area contributed by atoms with Crippen molar-refractivity contribution < 1.29 is 0 Å². The molecule has 0 amide bonds. The van der Waals surface area contributed by atoms with Gasteiger partial charge in [0.05, 0.1) is 0 Å². The Hall–Kier alpha value is -0.680. The molecule has 2 aliphatic rings. The molecule has 0 atom stereocenters. The third-order valence-electron chi connectivity index (χ3n) is 5.90. The zero-order chi connectivity index (χ0) is 19.8. The first-order valence-electron chi connectivity index (χ1n) is 10.9. The van der Waals surface area contributed by atoms with E-state index in [2.05, 4.69) is 48.2 Å². The number of piperidine rings is 1. The number of halogens is 1. The van der Waals surface area contributed by atoms with Crippen LogP contribution in [0, 0.1) is 5.92 Å². The van der Waals surface area contributed by atoms with E-state index >= 15 is 0 Å². The Labute approximate surface area is 197 Å². The largest absolute Gasteiger partial charge is 0.356 e. The maximum atomic E-state index is 4.62. The van der Waals surface area contributed by atoms with Gasteiger partial charge in [-0.25, -0.2) is 4.98 Å². The molecular weight excluding hydrogens is 497 g/mol. The second-order valence-corrected chi connectivity index (χ2v) is 8.76. The minimum Gasteiger partial charge on any atom is -0.356 e. The number of piperazine rings is 1. The molecule has 29 heavy (non-hydrogen) atoms. The lowest BCUT2D eigenvalue weighted by Gasteiger charge is -2.36. The number of aliphatic imine (C=N–C) groups is 1. The number of anilines is 1. The highest BCUT2D eigenvalue weighted by Crippen LogP contribution is 2.19. The number of likely N-dealkylation sites (tertiary alicyclic amines) is 1. The Morgan fingerprint density at radius 2 is 1.86 bits per heavy atom. The van der Waals surface area contributed by atoms with E-state index in [-0.39, 0.29) is 24.0 Å². The van der Waals surface area contributed by atoms with Crippen LogP contribution in [-0.2, 0) is 6.42 Å². The number of hydrogen-bond acceptors (Lipinski definition) is 6. The zero-order valence-electron chi connectivity index (χ0n) is 18.3. The van der Waals surface area contributed by atoms with Gasteiger partial charge in [-0.05, 0) is 51.2 Å². The first-order chi connectivity index (χ1) is 13.7. The van der Waals surface area contributed by atoms with Crippen molar-refractivity contribution in [2.75, 3.05) is 64.3 Å². The summed E-state index contributed by atoms with van der Waals surface area (Å²) in [4.78, 5) is 16.5. The number of hydrogen-bond donors (Lipinski definition) is 1. The van der Waals surface area contributed by atoms with Gasteiger partial charge in [-0.3, -0.25) is 4.99 Å². The number of aryl methyl sites for hydroxylation is 1. The number of nitrogens with zero attached hydrogens (tertiary/aromatic N) is 6. The molecule has 0 bridgehead atoms. The average Bonchev–Trinajstić information content (AvgIpc) is 3.22. The Morgan fingerprint density at radius 1 is 1.14 bits per heavy atom. The molecule has 2 fully saturated rings. The summed E-state index contributed by atoms with van der Waals surface area (Å²) in [5.41, 5.74) is 0. The second kappa shape index (κ2) is 12.9. The smallest absolute Gasteiger partial charge is 0.205 e. The van der Waals surface area contributed by atoms with E-state index in [0.717, 1.165) is 62.0 Å². The first-order valence-corrected chi connectivity index (χ1v) is 11.7. The van der Waals surface area contributed by atoms with Gasteiger partial charge in [-0.15, -0.1) is 24.0 Å². The maximum Gasteiger partial charge on any atom is 0.205 e. The third-order valence-corrected chi connectivity index (χ3v) is 6.71. The molecule has 3 rings (SSSR count). The van der Waals surface area contributed by atoms with Crippen molar-refractivity contribution >= 4 is 46.6 Å². The number of rotatable bonds is 7. The molecule has 0 spiro atoms. The third kappa shape index (κ3) is 7.50. The van der Waals surface area contributed by atoms with Crippen molar-refractivity contribution in [2.24, 2.45) is 10.9 Å². The van der Waals surface area contributed by atoms with Crippen molar-refractivity contribution in [3.63, 3.8) is 0 Å². The highest BCUT2D eigenvalue weighted by molar-refractivity contribution is 14.0. The lowest BCUT2D eigenvalue weighted by atomic mass is 9.99. The Bertz CT molecular complexity index is 608. The lowest BCUT2D eigenvalue weighted by molar-refractivity contribution is 0.189. The van der Waals surface area contributed by atoms with Gasteiger partial charge in [0.15, 0.2) is 5.96 Å². The van der Waals surface area contributed by atoms with E-state index in [9.17, 15) is 0 Å². The summed E-state index contributed by atoms with van der Waals surface area (Å²) in [6.45, 7) is 13.2. The number of nitrogens with one attached hydrogen (secondary N) is 1. The topological polar surface area (TPSA) is 59.9 Å². The molecule has 2 saturated heterocycles. The highest BCUT2D eigenvalue weighted by Gasteiger charge is 2.22. The molecule has 0 aliphatic carbocycles. The molecular formula is C20H38IN7S. The van der Waals surface area contributed by atoms with Gasteiger partial charge < -0.3 is 20.0 Å². The molecule has 1 aromatic rings. The van der Waals surface area contributed by atoms with Gasteiger partial charge >= 0.3 is 0 Å². The normalized spacial score (nSPS) is 19.3. The van der Waals surface area contributed by atoms with Crippen LogP contribution in [0.4, 0.5) is 5.13 Å². The van der Waals surface area contributed by atoms with Gasteiger partial charge in [0.25, 0.3) is 0 Å². The van der Waals surface area contributed by atoms with Crippen molar-refractivity contribution in [1.82, 2.24) is 24.5 Å². The van der Waals surface area contributed by atoms with E-state index in [1.54, 1.807) is 0 Å². The predicted molar refractivity (Wildman–Crippen MR) is 134 cm³/mol. The van der Waals surface area contributed by atoms with Crippen LogP contribution in [0.5, 0.6) is 0 Å². The molecule has 1 N–H and O–H groups in total. The van der Waals surface area contributed by atoms with E-state index < -0.39 is 0 Å². The van der Waals surface area contributed by atoms with Crippen LogP contribution in [-0.4, -0.2) is 84.5 Å². The minimum absolute atomic E-state index is 0. The van der Waals surface area contributed by atoms with E-state index in [0.29, 0.717) is 0 Å². The van der Waals surface area contributed by atoms with Crippen LogP contribution in [0.2, 0.25) is 0 Å². The zero-order valence-corrected chi connectivity index (χ0v) is 21.4. The van der Waals surface area contributed by atoms with E-state index in [1.807, 2.05) is 7.05 Å². The second-order valence-electron chi connectivity index (χ2n) is 8.03. The summed E-state index contributed by atoms with van der Waals surface area (Å²) >= 11 is 1.52. The molecule has 7 nitrogen and oxygen atoms in total. The quantitative estimate of drug-likeness (QED) is 0.251. The molecule has 0 saturated carbocycles. The Kier molecular flexibility index (Phi) is 10.9. The number of unbranched alkanes of at least 4 members (excludes halogenated alkanes) is 1. The summed E-state index contributed by atoms with van der Waals surface area (Å²) in [5.74, 6) is 2.92. The monoisotopic (exact) mass is 535 g/mol. The van der Waals surface area contributed by atoms with Crippen molar-refractivity contribution in [1.29, 1.82) is 0 Å². The van der Waals surface area contributed by atoms with Crippen LogP contribution in [0.25, 0.3) is 0 Å². The average molecular weight is 536 g/mol. The fraction of sp³-hybridized carbons (Fsp3) is 0.850. The van der Waals surface area contributed by atoms with Crippen molar-refractivity contribution in [3.05, 3.63) is 5.82 Å². The van der Waals surface area contributed by atoms with Gasteiger partial charge in [-0.2, -0.15) is 4.37 Å². The van der Waals surface area contributed by atoms with Crippen LogP contribution < -0.4 is 10.2 Å². The van der Waals surface area contributed by atoms with Crippen LogP contribution in [0.15, 0.2) is 4.99 Å². The summed E-state index contributed by atoms with van der Waals surface area (Å²) in [7, 11) is 1.89. The maximum absolute atomic E-state index is 4.62.